The van der Waals surface area contributed by atoms with E-state index >= 15 is 0 Å². The van der Waals surface area contributed by atoms with Gasteiger partial charge in [-0.3, -0.25) is 4.79 Å². The van der Waals surface area contributed by atoms with Crippen LogP contribution in [0.25, 0.3) is 0 Å². The fourth-order valence-corrected chi connectivity index (χ4v) is 2.44. The predicted octanol–water partition coefficient (Wildman–Crippen LogP) is 4.94. The van der Waals surface area contributed by atoms with Crippen molar-refractivity contribution in [3.8, 4) is 0 Å². The smallest absolute Gasteiger partial charge is 0.257 e. The summed E-state index contributed by atoms with van der Waals surface area (Å²) < 4.78 is 26.8. The van der Waals surface area contributed by atoms with Gasteiger partial charge in [-0.25, -0.2) is 8.78 Å². The molecule has 1 N–H and O–H groups in total. The lowest BCUT2D eigenvalue weighted by Crippen LogP contribution is -2.13. The molecule has 20 heavy (non-hydrogen) atoms. The van der Waals surface area contributed by atoms with Crippen LogP contribution in [0.3, 0.4) is 0 Å². The van der Waals surface area contributed by atoms with Crippen LogP contribution in [0, 0.1) is 18.6 Å². The monoisotopic (exact) mass is 359 g/mol. The van der Waals surface area contributed by atoms with Crippen molar-refractivity contribution in [3.05, 3.63) is 62.6 Å². The molecule has 0 aliphatic rings. The van der Waals surface area contributed by atoms with Crippen LogP contribution in [0.4, 0.5) is 14.5 Å². The summed E-state index contributed by atoms with van der Waals surface area (Å²) in [4.78, 5) is 12.0. The highest BCUT2D eigenvalue weighted by Gasteiger charge is 2.16. The zero-order valence-electron chi connectivity index (χ0n) is 10.3. The van der Waals surface area contributed by atoms with Crippen molar-refractivity contribution in [2.75, 3.05) is 5.32 Å². The number of carbonyl (C=O) groups is 1. The highest BCUT2D eigenvalue weighted by atomic mass is 79.9. The molecule has 0 fully saturated rings. The van der Waals surface area contributed by atoms with Gasteiger partial charge >= 0.3 is 0 Å². The minimum Gasteiger partial charge on any atom is -0.321 e. The van der Waals surface area contributed by atoms with Crippen LogP contribution < -0.4 is 5.32 Å². The molecule has 0 saturated heterocycles. The highest BCUT2D eigenvalue weighted by molar-refractivity contribution is 9.10. The predicted molar refractivity (Wildman–Crippen MR) is 78.2 cm³/mol. The normalized spacial score (nSPS) is 10.4. The maximum Gasteiger partial charge on any atom is 0.257 e. The maximum absolute atomic E-state index is 13.2. The van der Waals surface area contributed by atoms with Crippen LogP contribution >= 0.6 is 27.5 Å². The summed E-state index contributed by atoms with van der Waals surface area (Å²) in [5.74, 6) is -2.83. The number of benzene rings is 2. The molecular weight excluding hydrogens is 352 g/mol. The third kappa shape index (κ3) is 3.16. The second kappa shape index (κ2) is 5.89. The SMILES string of the molecule is Cc1ccc(NC(=O)c2cc(F)c(F)cc2Cl)c(Br)c1. The molecule has 104 valence electrons. The van der Waals surface area contributed by atoms with E-state index in [4.69, 9.17) is 11.6 Å². The second-order valence-electron chi connectivity index (χ2n) is 4.18. The van der Waals surface area contributed by atoms with E-state index in [-0.39, 0.29) is 10.6 Å². The van der Waals surface area contributed by atoms with Crippen molar-refractivity contribution < 1.29 is 13.6 Å². The lowest BCUT2D eigenvalue weighted by molar-refractivity contribution is 0.102. The first-order valence-electron chi connectivity index (χ1n) is 5.60. The summed E-state index contributed by atoms with van der Waals surface area (Å²) in [5.41, 5.74) is 1.40. The van der Waals surface area contributed by atoms with Gasteiger partial charge in [-0.05, 0) is 52.7 Å². The molecule has 0 aromatic heterocycles. The van der Waals surface area contributed by atoms with E-state index in [1.54, 1.807) is 6.07 Å². The fraction of sp³-hybridized carbons (Fsp3) is 0.0714. The molecule has 0 bridgehead atoms. The minimum absolute atomic E-state index is 0.127. The standard InChI is InChI=1S/C14H9BrClF2NO/c1-7-2-3-13(9(15)4-7)19-14(20)8-5-11(17)12(18)6-10(8)16/h2-6H,1H3,(H,19,20). The zero-order valence-corrected chi connectivity index (χ0v) is 12.6. The molecule has 2 rings (SSSR count). The topological polar surface area (TPSA) is 29.1 Å². The fourth-order valence-electron chi connectivity index (χ4n) is 1.61. The Morgan fingerprint density at radius 3 is 2.50 bits per heavy atom. The van der Waals surface area contributed by atoms with E-state index in [2.05, 4.69) is 21.2 Å². The van der Waals surface area contributed by atoms with E-state index in [1.807, 2.05) is 19.1 Å². The summed E-state index contributed by atoms with van der Waals surface area (Å²) in [6.45, 7) is 1.91. The summed E-state index contributed by atoms with van der Waals surface area (Å²) in [6, 6.07) is 6.88. The molecule has 1 amide bonds. The molecule has 2 aromatic rings. The van der Waals surface area contributed by atoms with Gasteiger partial charge in [0.1, 0.15) is 0 Å². The number of nitrogens with one attached hydrogen (secondary N) is 1. The quantitative estimate of drug-likeness (QED) is 0.755. The van der Waals surface area contributed by atoms with Crippen LogP contribution in [-0.2, 0) is 0 Å². The van der Waals surface area contributed by atoms with Crippen molar-refractivity contribution in [1.82, 2.24) is 0 Å². The van der Waals surface area contributed by atoms with Gasteiger partial charge in [0.05, 0.1) is 16.3 Å². The van der Waals surface area contributed by atoms with Crippen molar-refractivity contribution in [2.24, 2.45) is 0 Å². The van der Waals surface area contributed by atoms with E-state index in [9.17, 15) is 13.6 Å². The van der Waals surface area contributed by atoms with Crippen molar-refractivity contribution in [1.29, 1.82) is 0 Å². The first-order chi connectivity index (χ1) is 9.38. The number of anilines is 1. The molecule has 0 spiro atoms. The Labute approximate surface area is 127 Å². The lowest BCUT2D eigenvalue weighted by Gasteiger charge is -2.09. The zero-order chi connectivity index (χ0) is 14.9. The summed E-state index contributed by atoms with van der Waals surface area (Å²) in [6.07, 6.45) is 0. The third-order valence-corrected chi connectivity index (χ3v) is 3.60. The summed E-state index contributed by atoms with van der Waals surface area (Å²) in [7, 11) is 0. The largest absolute Gasteiger partial charge is 0.321 e. The number of halogens is 4. The van der Waals surface area contributed by atoms with Crippen LogP contribution in [-0.4, -0.2) is 5.91 Å². The maximum atomic E-state index is 13.2. The Morgan fingerprint density at radius 2 is 1.85 bits per heavy atom. The minimum atomic E-state index is -1.12. The highest BCUT2D eigenvalue weighted by Crippen LogP contribution is 2.26. The average molecular weight is 361 g/mol. The van der Waals surface area contributed by atoms with Gasteiger partial charge in [0.25, 0.3) is 5.91 Å². The van der Waals surface area contributed by atoms with Gasteiger partial charge < -0.3 is 5.32 Å². The molecule has 2 nitrogen and oxygen atoms in total. The van der Waals surface area contributed by atoms with Gasteiger partial charge in [0, 0.05) is 4.47 Å². The van der Waals surface area contributed by atoms with Crippen LogP contribution in [0.2, 0.25) is 5.02 Å². The molecule has 6 heteroatoms. The molecule has 0 heterocycles. The van der Waals surface area contributed by atoms with E-state index < -0.39 is 17.5 Å². The van der Waals surface area contributed by atoms with Gasteiger partial charge in [-0.1, -0.05) is 17.7 Å². The third-order valence-electron chi connectivity index (χ3n) is 2.63. The van der Waals surface area contributed by atoms with Gasteiger partial charge in [-0.2, -0.15) is 0 Å². The van der Waals surface area contributed by atoms with Gasteiger partial charge in [-0.15, -0.1) is 0 Å². The average Bonchev–Trinajstić information content (AvgIpc) is 2.37. The van der Waals surface area contributed by atoms with Crippen LogP contribution in [0.1, 0.15) is 15.9 Å². The van der Waals surface area contributed by atoms with Crippen molar-refractivity contribution >= 4 is 39.1 Å². The first kappa shape index (κ1) is 14.9. The molecule has 0 aliphatic heterocycles. The van der Waals surface area contributed by atoms with E-state index in [1.165, 1.54) is 0 Å². The number of hydrogen-bond donors (Lipinski definition) is 1. The Hall–Kier alpha value is -1.46. The van der Waals surface area contributed by atoms with Gasteiger partial charge in [0.15, 0.2) is 11.6 Å². The number of hydrogen-bond acceptors (Lipinski definition) is 1. The Kier molecular flexibility index (Phi) is 4.40. The second-order valence-corrected chi connectivity index (χ2v) is 5.45. The van der Waals surface area contributed by atoms with E-state index in [0.717, 1.165) is 17.7 Å². The molecule has 0 aliphatic carbocycles. The van der Waals surface area contributed by atoms with Gasteiger partial charge in [0.2, 0.25) is 0 Å². The first-order valence-corrected chi connectivity index (χ1v) is 6.77. The molecule has 0 unspecified atom stereocenters. The molecule has 0 saturated carbocycles. The van der Waals surface area contributed by atoms with Crippen LogP contribution in [0.5, 0.6) is 0 Å². The molecule has 2 aromatic carbocycles. The van der Waals surface area contributed by atoms with E-state index in [0.29, 0.717) is 10.2 Å². The number of rotatable bonds is 2. The Morgan fingerprint density at radius 1 is 1.20 bits per heavy atom. The molecule has 0 radical (unpaired) electrons. The summed E-state index contributed by atoms with van der Waals surface area (Å²) >= 11 is 9.06. The molecular formula is C14H9BrClF2NO. The van der Waals surface area contributed by atoms with Crippen molar-refractivity contribution in [3.63, 3.8) is 0 Å². The Balaban J connectivity index is 2.31. The number of amides is 1. The summed E-state index contributed by atoms with van der Waals surface area (Å²) in [5, 5.41) is 2.43. The number of carbonyl (C=O) groups excluding carboxylic acids is 1. The Bertz CT molecular complexity index is 691. The lowest BCUT2D eigenvalue weighted by atomic mass is 10.2. The molecule has 0 atom stereocenters. The number of aryl methyl sites for hydroxylation is 1. The van der Waals surface area contributed by atoms with Crippen molar-refractivity contribution in [2.45, 2.75) is 6.92 Å². The van der Waals surface area contributed by atoms with Crippen LogP contribution in [0.15, 0.2) is 34.8 Å².